The van der Waals surface area contributed by atoms with E-state index in [-0.39, 0.29) is 5.78 Å². The Morgan fingerprint density at radius 1 is 1.21 bits per heavy atom. The van der Waals surface area contributed by atoms with Crippen LogP contribution in [0.3, 0.4) is 0 Å². The van der Waals surface area contributed by atoms with E-state index >= 15 is 0 Å². The van der Waals surface area contributed by atoms with E-state index in [0.29, 0.717) is 6.42 Å². The fraction of sp³-hybridized carbons (Fsp3) is 0.500. The number of carbonyl (C=O) groups excluding carboxylic acids is 1. The van der Waals surface area contributed by atoms with Crippen molar-refractivity contribution in [2.45, 2.75) is 51.9 Å². The molecule has 2 aromatic rings. The number of fused-ring (bicyclic) bond motifs is 1. The molecule has 0 aliphatic carbocycles. The average molecular weight is 275 g/mol. The van der Waals surface area contributed by atoms with E-state index in [1.54, 1.807) is 17.5 Å². The van der Waals surface area contributed by atoms with Crippen molar-refractivity contribution in [2.75, 3.05) is 0 Å². The number of ketones is 1. The predicted molar refractivity (Wildman–Crippen MR) is 81.9 cm³/mol. The summed E-state index contributed by atoms with van der Waals surface area (Å²) in [5.74, 6) is 0.235. The quantitative estimate of drug-likeness (QED) is 0.487. The standard InChI is InChI=1S/C16H21NOS/c1-2-3-4-5-6-7-8-15(18)13-11-16-14(17-12-13)9-10-19-16/h9-12H,2-8H2,1H3. The van der Waals surface area contributed by atoms with Crippen LogP contribution in [-0.2, 0) is 0 Å². The van der Waals surface area contributed by atoms with Gasteiger partial charge in [-0.3, -0.25) is 9.78 Å². The normalized spacial score (nSPS) is 11.0. The number of carbonyl (C=O) groups is 1. The molecule has 3 heteroatoms. The van der Waals surface area contributed by atoms with Gasteiger partial charge in [0.05, 0.1) is 10.2 Å². The number of hydrogen-bond acceptors (Lipinski definition) is 3. The van der Waals surface area contributed by atoms with Crippen molar-refractivity contribution >= 4 is 27.3 Å². The molecule has 0 aliphatic rings. The zero-order valence-corrected chi connectivity index (χ0v) is 12.3. The molecule has 0 N–H and O–H groups in total. The molecule has 0 bridgehead atoms. The highest BCUT2D eigenvalue weighted by atomic mass is 32.1. The molecule has 2 heterocycles. The molecule has 2 nitrogen and oxygen atoms in total. The molecule has 19 heavy (non-hydrogen) atoms. The fourth-order valence-electron chi connectivity index (χ4n) is 2.21. The second kappa shape index (κ2) is 7.39. The second-order valence-corrected chi connectivity index (χ2v) is 5.92. The molecular formula is C16H21NOS. The molecule has 0 aliphatic heterocycles. The minimum absolute atomic E-state index is 0.235. The van der Waals surface area contributed by atoms with E-state index in [1.165, 1.54) is 32.1 Å². The van der Waals surface area contributed by atoms with Gasteiger partial charge in [0.25, 0.3) is 0 Å². The van der Waals surface area contributed by atoms with Crippen LogP contribution in [0, 0.1) is 0 Å². The number of unbranched alkanes of at least 4 members (excludes halogenated alkanes) is 5. The summed E-state index contributed by atoms with van der Waals surface area (Å²) in [5.41, 5.74) is 1.75. The zero-order valence-electron chi connectivity index (χ0n) is 11.5. The Morgan fingerprint density at radius 3 is 2.84 bits per heavy atom. The Labute approximate surface area is 118 Å². The van der Waals surface area contributed by atoms with Crippen LogP contribution in [0.1, 0.15) is 62.2 Å². The molecule has 0 aromatic carbocycles. The highest BCUT2D eigenvalue weighted by Crippen LogP contribution is 2.20. The Balaban J connectivity index is 1.79. The molecule has 2 rings (SSSR count). The van der Waals surface area contributed by atoms with Gasteiger partial charge in [-0.2, -0.15) is 0 Å². The van der Waals surface area contributed by atoms with E-state index in [4.69, 9.17) is 0 Å². The van der Waals surface area contributed by atoms with Crippen molar-refractivity contribution in [2.24, 2.45) is 0 Å². The average Bonchev–Trinajstić information content (AvgIpc) is 2.89. The minimum atomic E-state index is 0.235. The van der Waals surface area contributed by atoms with Gasteiger partial charge in [0.1, 0.15) is 0 Å². The lowest BCUT2D eigenvalue weighted by atomic mass is 10.0. The fourth-order valence-corrected chi connectivity index (χ4v) is 2.99. The molecule has 0 amide bonds. The summed E-state index contributed by atoms with van der Waals surface area (Å²) < 4.78 is 1.11. The van der Waals surface area contributed by atoms with Gasteiger partial charge in [-0.15, -0.1) is 11.3 Å². The molecule has 102 valence electrons. The molecular weight excluding hydrogens is 254 g/mol. The number of aromatic nitrogens is 1. The minimum Gasteiger partial charge on any atom is -0.294 e. The molecule has 0 saturated heterocycles. The summed E-state index contributed by atoms with van der Waals surface area (Å²) in [5, 5.41) is 2.01. The number of thiophene rings is 1. The van der Waals surface area contributed by atoms with Crippen molar-refractivity contribution in [1.82, 2.24) is 4.98 Å². The van der Waals surface area contributed by atoms with E-state index in [9.17, 15) is 4.79 Å². The first-order valence-electron chi connectivity index (χ1n) is 7.17. The van der Waals surface area contributed by atoms with Crippen LogP contribution in [-0.4, -0.2) is 10.8 Å². The maximum absolute atomic E-state index is 12.1. The molecule has 0 spiro atoms. The van der Waals surface area contributed by atoms with Gasteiger partial charge in [-0.1, -0.05) is 39.0 Å². The summed E-state index contributed by atoms with van der Waals surface area (Å²) in [6.45, 7) is 2.22. The maximum Gasteiger partial charge on any atom is 0.164 e. The number of hydrogen-bond donors (Lipinski definition) is 0. The van der Waals surface area contributed by atoms with Gasteiger partial charge in [0, 0.05) is 18.2 Å². The predicted octanol–water partition coefficient (Wildman–Crippen LogP) is 5.23. The van der Waals surface area contributed by atoms with Crippen molar-refractivity contribution in [3.05, 3.63) is 29.3 Å². The smallest absolute Gasteiger partial charge is 0.164 e. The number of rotatable bonds is 8. The van der Waals surface area contributed by atoms with Crippen LogP contribution in [0.5, 0.6) is 0 Å². The van der Waals surface area contributed by atoms with Crippen LogP contribution in [0.15, 0.2) is 23.7 Å². The first kappa shape index (κ1) is 14.2. The Kier molecular flexibility index (Phi) is 5.52. The summed E-state index contributed by atoms with van der Waals surface area (Å²) in [6, 6.07) is 3.97. The lowest BCUT2D eigenvalue weighted by molar-refractivity contribution is 0.0979. The molecule has 0 saturated carbocycles. The van der Waals surface area contributed by atoms with E-state index in [0.717, 1.165) is 22.2 Å². The van der Waals surface area contributed by atoms with Crippen LogP contribution >= 0.6 is 11.3 Å². The SMILES string of the molecule is CCCCCCCCC(=O)c1cnc2ccsc2c1. The molecule has 0 unspecified atom stereocenters. The van der Waals surface area contributed by atoms with Crippen LogP contribution in [0.2, 0.25) is 0 Å². The lowest BCUT2D eigenvalue weighted by Crippen LogP contribution is -1.99. The molecule has 0 fully saturated rings. The summed E-state index contributed by atoms with van der Waals surface area (Å²) in [4.78, 5) is 16.4. The number of pyridine rings is 1. The third-order valence-corrected chi connectivity index (χ3v) is 4.24. The third kappa shape index (κ3) is 4.13. The Hall–Kier alpha value is -1.22. The number of Topliss-reactive ketones (excluding diaryl/α,β-unsaturated/α-hetero) is 1. The summed E-state index contributed by atoms with van der Waals surface area (Å²) >= 11 is 1.64. The van der Waals surface area contributed by atoms with Crippen LogP contribution in [0.4, 0.5) is 0 Å². The van der Waals surface area contributed by atoms with E-state index in [2.05, 4.69) is 11.9 Å². The van der Waals surface area contributed by atoms with Crippen LogP contribution in [0.25, 0.3) is 10.2 Å². The monoisotopic (exact) mass is 275 g/mol. The van der Waals surface area contributed by atoms with Gasteiger partial charge >= 0.3 is 0 Å². The van der Waals surface area contributed by atoms with Gasteiger partial charge in [0.2, 0.25) is 0 Å². The van der Waals surface area contributed by atoms with E-state index in [1.807, 2.05) is 17.5 Å². The van der Waals surface area contributed by atoms with Gasteiger partial charge < -0.3 is 0 Å². The summed E-state index contributed by atoms with van der Waals surface area (Å²) in [6.07, 6.45) is 9.68. The maximum atomic E-state index is 12.1. The number of nitrogens with zero attached hydrogens (tertiary/aromatic N) is 1. The highest BCUT2D eigenvalue weighted by molar-refractivity contribution is 7.17. The van der Waals surface area contributed by atoms with E-state index < -0.39 is 0 Å². The summed E-state index contributed by atoms with van der Waals surface area (Å²) in [7, 11) is 0. The molecule has 0 radical (unpaired) electrons. The largest absolute Gasteiger partial charge is 0.294 e. The third-order valence-electron chi connectivity index (χ3n) is 3.38. The first-order valence-corrected chi connectivity index (χ1v) is 8.05. The van der Waals surface area contributed by atoms with Gasteiger partial charge in [-0.25, -0.2) is 0 Å². The van der Waals surface area contributed by atoms with Gasteiger partial charge in [-0.05, 0) is 23.9 Å². The van der Waals surface area contributed by atoms with Crippen molar-refractivity contribution < 1.29 is 4.79 Å². The zero-order chi connectivity index (χ0) is 13.5. The highest BCUT2D eigenvalue weighted by Gasteiger charge is 2.07. The second-order valence-electron chi connectivity index (χ2n) is 4.97. The molecule has 2 aromatic heterocycles. The van der Waals surface area contributed by atoms with Crippen molar-refractivity contribution in [3.8, 4) is 0 Å². The van der Waals surface area contributed by atoms with Gasteiger partial charge in [0.15, 0.2) is 5.78 Å². The van der Waals surface area contributed by atoms with Crippen molar-refractivity contribution in [1.29, 1.82) is 0 Å². The molecule has 0 atom stereocenters. The Morgan fingerprint density at radius 2 is 2.00 bits per heavy atom. The Bertz CT molecular complexity index is 532. The topological polar surface area (TPSA) is 30.0 Å². The first-order chi connectivity index (χ1) is 9.31. The van der Waals surface area contributed by atoms with Crippen molar-refractivity contribution in [3.63, 3.8) is 0 Å². The van der Waals surface area contributed by atoms with Crippen LogP contribution < -0.4 is 0 Å². The lowest BCUT2D eigenvalue weighted by Gasteiger charge is -2.02.